The van der Waals surface area contributed by atoms with Crippen molar-refractivity contribution in [1.82, 2.24) is 9.97 Å². The first-order valence-corrected chi connectivity index (χ1v) is 9.26. The van der Waals surface area contributed by atoms with Crippen molar-refractivity contribution in [2.24, 2.45) is 0 Å². The summed E-state index contributed by atoms with van der Waals surface area (Å²) in [4.78, 5) is 11.6. The molecular formula is C20H28N4O. The van der Waals surface area contributed by atoms with Crippen LogP contribution in [0.1, 0.15) is 38.2 Å². The number of aromatic nitrogens is 2. The summed E-state index contributed by atoms with van der Waals surface area (Å²) in [5.41, 5.74) is 1.24. The third-order valence-electron chi connectivity index (χ3n) is 4.86. The van der Waals surface area contributed by atoms with Gasteiger partial charge in [-0.25, -0.2) is 4.98 Å². The van der Waals surface area contributed by atoms with E-state index >= 15 is 0 Å². The molecular weight excluding hydrogens is 312 g/mol. The maximum atomic E-state index is 5.27. The highest BCUT2D eigenvalue weighted by Gasteiger charge is 2.22. The molecule has 0 saturated carbocycles. The van der Waals surface area contributed by atoms with Crippen molar-refractivity contribution in [3.05, 3.63) is 42.1 Å². The molecule has 5 nitrogen and oxygen atoms in total. The van der Waals surface area contributed by atoms with Crippen LogP contribution in [0.5, 0.6) is 5.75 Å². The van der Waals surface area contributed by atoms with E-state index in [1.807, 2.05) is 24.4 Å². The summed E-state index contributed by atoms with van der Waals surface area (Å²) in [5.74, 6) is 2.65. The predicted octanol–water partition coefficient (Wildman–Crippen LogP) is 3.91. The molecule has 0 spiro atoms. The Kier molecular flexibility index (Phi) is 6.09. The van der Waals surface area contributed by atoms with Crippen molar-refractivity contribution < 1.29 is 4.74 Å². The van der Waals surface area contributed by atoms with Crippen LogP contribution in [0.3, 0.4) is 0 Å². The fraction of sp³-hybridized carbons (Fsp3) is 0.500. The smallest absolute Gasteiger partial charge is 0.224 e. The van der Waals surface area contributed by atoms with E-state index < -0.39 is 0 Å². The van der Waals surface area contributed by atoms with E-state index in [2.05, 4.69) is 34.3 Å². The first-order valence-electron chi connectivity index (χ1n) is 9.26. The topological polar surface area (TPSA) is 50.3 Å². The Labute approximate surface area is 150 Å². The molecule has 0 bridgehead atoms. The van der Waals surface area contributed by atoms with E-state index in [1.165, 1.54) is 31.2 Å². The van der Waals surface area contributed by atoms with Crippen LogP contribution in [0.25, 0.3) is 0 Å². The minimum atomic E-state index is 0.605. The molecule has 2 heterocycles. The molecule has 0 amide bonds. The number of methoxy groups -OCH3 is 1. The summed E-state index contributed by atoms with van der Waals surface area (Å²) >= 11 is 0. The Morgan fingerprint density at radius 1 is 1.28 bits per heavy atom. The number of ether oxygens (including phenoxy) is 1. The monoisotopic (exact) mass is 340 g/mol. The molecule has 0 aliphatic carbocycles. The van der Waals surface area contributed by atoms with Crippen LogP contribution >= 0.6 is 0 Å². The van der Waals surface area contributed by atoms with Gasteiger partial charge in [0.05, 0.1) is 7.11 Å². The highest BCUT2D eigenvalue weighted by molar-refractivity contribution is 5.44. The quantitative estimate of drug-likeness (QED) is 0.828. The summed E-state index contributed by atoms with van der Waals surface area (Å²) in [5, 5.41) is 3.35. The standard InChI is InChI=1S/C20H28N4O/c1-3-17-8-4-5-14-24(17)19-11-13-22-20(23-19)21-12-10-16-7-6-9-18(15-16)25-2/h6-7,9,11,13,15,17H,3-5,8,10,12,14H2,1-2H3,(H,21,22,23). The molecule has 1 aromatic carbocycles. The molecule has 1 aromatic heterocycles. The van der Waals surface area contributed by atoms with Gasteiger partial charge in [0.15, 0.2) is 0 Å². The van der Waals surface area contributed by atoms with E-state index in [9.17, 15) is 0 Å². The molecule has 1 fully saturated rings. The van der Waals surface area contributed by atoms with Gasteiger partial charge in [-0.05, 0) is 55.9 Å². The predicted molar refractivity (Wildman–Crippen MR) is 102 cm³/mol. The molecule has 1 aliphatic heterocycles. The number of nitrogens with one attached hydrogen (secondary N) is 1. The molecule has 1 saturated heterocycles. The van der Waals surface area contributed by atoms with Crippen LogP contribution in [0.2, 0.25) is 0 Å². The highest BCUT2D eigenvalue weighted by atomic mass is 16.5. The Morgan fingerprint density at radius 3 is 3.04 bits per heavy atom. The Balaban J connectivity index is 1.59. The van der Waals surface area contributed by atoms with Gasteiger partial charge in [-0.3, -0.25) is 0 Å². The van der Waals surface area contributed by atoms with Gasteiger partial charge in [-0.2, -0.15) is 4.98 Å². The molecule has 2 aromatic rings. The van der Waals surface area contributed by atoms with E-state index in [-0.39, 0.29) is 0 Å². The van der Waals surface area contributed by atoms with Crippen LogP contribution in [-0.4, -0.2) is 36.2 Å². The number of anilines is 2. The van der Waals surface area contributed by atoms with Gasteiger partial charge in [-0.15, -0.1) is 0 Å². The number of nitrogens with zero attached hydrogens (tertiary/aromatic N) is 3. The molecule has 1 N–H and O–H groups in total. The van der Waals surface area contributed by atoms with Gasteiger partial charge in [0.25, 0.3) is 0 Å². The van der Waals surface area contributed by atoms with Crippen LogP contribution in [-0.2, 0) is 6.42 Å². The van der Waals surface area contributed by atoms with Crippen molar-refractivity contribution in [3.8, 4) is 5.75 Å². The zero-order chi connectivity index (χ0) is 17.5. The second-order valence-electron chi connectivity index (χ2n) is 6.52. The summed E-state index contributed by atoms with van der Waals surface area (Å²) in [6.07, 6.45) is 7.77. The van der Waals surface area contributed by atoms with E-state index in [0.29, 0.717) is 12.0 Å². The van der Waals surface area contributed by atoms with Crippen LogP contribution in [0, 0.1) is 0 Å². The van der Waals surface area contributed by atoms with Gasteiger partial charge < -0.3 is 15.0 Å². The highest BCUT2D eigenvalue weighted by Crippen LogP contribution is 2.25. The number of hydrogen-bond acceptors (Lipinski definition) is 5. The molecule has 0 radical (unpaired) electrons. The zero-order valence-electron chi connectivity index (χ0n) is 15.2. The van der Waals surface area contributed by atoms with Gasteiger partial charge in [-0.1, -0.05) is 19.1 Å². The molecule has 1 atom stereocenters. The van der Waals surface area contributed by atoms with Gasteiger partial charge in [0, 0.05) is 25.3 Å². The summed E-state index contributed by atoms with van der Waals surface area (Å²) in [6.45, 7) is 4.16. The maximum absolute atomic E-state index is 5.27. The Hall–Kier alpha value is -2.30. The second kappa shape index (κ2) is 8.70. The molecule has 5 heteroatoms. The molecule has 25 heavy (non-hydrogen) atoms. The van der Waals surface area contributed by atoms with E-state index in [4.69, 9.17) is 9.72 Å². The van der Waals surface area contributed by atoms with Crippen molar-refractivity contribution in [2.45, 2.75) is 45.1 Å². The van der Waals surface area contributed by atoms with Gasteiger partial charge in [0.2, 0.25) is 5.95 Å². The average Bonchev–Trinajstić information content (AvgIpc) is 2.68. The second-order valence-corrected chi connectivity index (χ2v) is 6.52. The van der Waals surface area contributed by atoms with Crippen molar-refractivity contribution in [1.29, 1.82) is 0 Å². The lowest BCUT2D eigenvalue weighted by Gasteiger charge is -2.36. The first kappa shape index (κ1) is 17.5. The van der Waals surface area contributed by atoms with Crippen LogP contribution in [0.4, 0.5) is 11.8 Å². The van der Waals surface area contributed by atoms with Crippen molar-refractivity contribution in [3.63, 3.8) is 0 Å². The molecule has 3 rings (SSSR count). The van der Waals surface area contributed by atoms with E-state index in [1.54, 1.807) is 7.11 Å². The molecule has 1 aliphatic rings. The summed E-state index contributed by atoms with van der Waals surface area (Å²) in [7, 11) is 1.70. The minimum absolute atomic E-state index is 0.605. The maximum Gasteiger partial charge on any atom is 0.224 e. The van der Waals surface area contributed by atoms with Gasteiger partial charge in [0.1, 0.15) is 11.6 Å². The molecule has 1 unspecified atom stereocenters. The van der Waals surface area contributed by atoms with Crippen LogP contribution < -0.4 is 15.0 Å². The number of rotatable bonds is 7. The summed E-state index contributed by atoms with van der Waals surface area (Å²) < 4.78 is 5.27. The fourth-order valence-electron chi connectivity index (χ4n) is 3.47. The number of piperidine rings is 1. The SMILES string of the molecule is CCC1CCCCN1c1ccnc(NCCc2cccc(OC)c2)n1. The largest absolute Gasteiger partial charge is 0.497 e. The number of hydrogen-bond donors (Lipinski definition) is 1. The van der Waals surface area contributed by atoms with Crippen molar-refractivity contribution >= 4 is 11.8 Å². The fourth-order valence-corrected chi connectivity index (χ4v) is 3.47. The lowest BCUT2D eigenvalue weighted by molar-refractivity contribution is 0.414. The summed E-state index contributed by atoms with van der Waals surface area (Å²) in [6, 6.07) is 10.8. The van der Waals surface area contributed by atoms with Gasteiger partial charge >= 0.3 is 0 Å². The third kappa shape index (κ3) is 4.62. The Morgan fingerprint density at radius 2 is 2.20 bits per heavy atom. The Bertz CT molecular complexity index is 676. The molecule has 134 valence electrons. The minimum Gasteiger partial charge on any atom is -0.497 e. The average molecular weight is 340 g/mol. The van der Waals surface area contributed by atoms with Crippen LogP contribution in [0.15, 0.2) is 36.5 Å². The third-order valence-corrected chi connectivity index (χ3v) is 4.86. The first-order chi connectivity index (χ1) is 12.3. The lowest BCUT2D eigenvalue weighted by Crippen LogP contribution is -2.39. The lowest BCUT2D eigenvalue weighted by atomic mass is 10.0. The van der Waals surface area contributed by atoms with E-state index in [0.717, 1.165) is 31.1 Å². The normalized spacial score (nSPS) is 17.4. The zero-order valence-corrected chi connectivity index (χ0v) is 15.2. The number of benzene rings is 1. The van der Waals surface area contributed by atoms with Crippen molar-refractivity contribution in [2.75, 3.05) is 30.4 Å².